The van der Waals surface area contributed by atoms with E-state index in [0.29, 0.717) is 11.7 Å². The first-order chi connectivity index (χ1) is 9.24. The Morgan fingerprint density at radius 1 is 1.63 bits per heavy atom. The molecule has 3 N–H and O–H groups in total. The molecule has 1 aromatic heterocycles. The second kappa shape index (κ2) is 6.49. The fourth-order valence-electron chi connectivity index (χ4n) is 2.04. The van der Waals surface area contributed by atoms with Gasteiger partial charge in [0.25, 0.3) is 0 Å². The summed E-state index contributed by atoms with van der Waals surface area (Å²) in [6.07, 6.45) is 4.19. The molecule has 1 aliphatic rings. The highest BCUT2D eigenvalue weighted by Gasteiger charge is 2.28. The van der Waals surface area contributed by atoms with Crippen LogP contribution >= 0.6 is 0 Å². The van der Waals surface area contributed by atoms with E-state index in [-0.39, 0.29) is 5.84 Å². The standard InChI is InChI=1S/C13H20N4O2/c1-19-7-6-17(11-2-3-11)9-10-4-5-15-12(8-10)13(14)16-18/h4-5,8,11,18H,2-3,6-7,9H2,1H3,(H2,14,16). The summed E-state index contributed by atoms with van der Waals surface area (Å²) in [6, 6.07) is 4.48. The van der Waals surface area contributed by atoms with Crippen LogP contribution < -0.4 is 5.73 Å². The zero-order valence-corrected chi connectivity index (χ0v) is 11.1. The minimum absolute atomic E-state index is 0.0386. The highest BCUT2D eigenvalue weighted by atomic mass is 16.5. The molecular formula is C13H20N4O2. The minimum atomic E-state index is 0.0386. The number of pyridine rings is 1. The largest absolute Gasteiger partial charge is 0.409 e. The van der Waals surface area contributed by atoms with Gasteiger partial charge in [-0.05, 0) is 30.5 Å². The predicted octanol–water partition coefficient (Wildman–Crippen LogP) is 0.787. The molecule has 0 amide bonds. The first kappa shape index (κ1) is 13.8. The van der Waals surface area contributed by atoms with Crippen LogP contribution in [0.2, 0.25) is 0 Å². The van der Waals surface area contributed by atoms with Crippen molar-refractivity contribution in [3.8, 4) is 0 Å². The average molecular weight is 264 g/mol. The number of oxime groups is 1. The summed E-state index contributed by atoms with van der Waals surface area (Å²) in [6.45, 7) is 2.49. The van der Waals surface area contributed by atoms with Crippen molar-refractivity contribution in [1.82, 2.24) is 9.88 Å². The van der Waals surface area contributed by atoms with Crippen molar-refractivity contribution >= 4 is 5.84 Å². The molecule has 2 rings (SSSR count). The molecule has 1 aliphatic carbocycles. The summed E-state index contributed by atoms with van der Waals surface area (Å²) in [5, 5.41) is 11.6. The highest BCUT2D eigenvalue weighted by molar-refractivity contribution is 5.95. The van der Waals surface area contributed by atoms with Gasteiger partial charge in [0, 0.05) is 32.4 Å². The van der Waals surface area contributed by atoms with Gasteiger partial charge in [-0.25, -0.2) is 0 Å². The molecule has 0 spiro atoms. The number of nitrogens with two attached hydrogens (primary N) is 1. The normalized spacial score (nSPS) is 16.0. The lowest BCUT2D eigenvalue weighted by Crippen LogP contribution is -2.29. The zero-order valence-electron chi connectivity index (χ0n) is 11.1. The molecular weight excluding hydrogens is 244 g/mol. The Morgan fingerprint density at radius 2 is 2.42 bits per heavy atom. The number of ether oxygens (including phenoxy) is 1. The highest BCUT2D eigenvalue weighted by Crippen LogP contribution is 2.28. The van der Waals surface area contributed by atoms with E-state index in [1.807, 2.05) is 12.1 Å². The number of nitrogens with zero attached hydrogens (tertiary/aromatic N) is 3. The fourth-order valence-corrected chi connectivity index (χ4v) is 2.04. The number of hydrogen-bond donors (Lipinski definition) is 2. The lowest BCUT2D eigenvalue weighted by atomic mass is 10.2. The monoisotopic (exact) mass is 264 g/mol. The van der Waals surface area contributed by atoms with Crippen LogP contribution in [0.4, 0.5) is 0 Å². The second-order valence-corrected chi connectivity index (χ2v) is 4.73. The molecule has 1 aromatic rings. The van der Waals surface area contributed by atoms with Crippen LogP contribution in [0.1, 0.15) is 24.1 Å². The summed E-state index contributed by atoms with van der Waals surface area (Å²) in [4.78, 5) is 6.48. The third kappa shape index (κ3) is 3.90. The molecule has 6 nitrogen and oxygen atoms in total. The lowest BCUT2D eigenvalue weighted by molar-refractivity contribution is 0.139. The van der Waals surface area contributed by atoms with E-state index in [0.717, 1.165) is 25.3 Å². The van der Waals surface area contributed by atoms with Gasteiger partial charge in [-0.2, -0.15) is 0 Å². The van der Waals surface area contributed by atoms with Gasteiger partial charge < -0.3 is 15.7 Å². The first-order valence-corrected chi connectivity index (χ1v) is 6.40. The smallest absolute Gasteiger partial charge is 0.188 e. The third-order valence-corrected chi connectivity index (χ3v) is 3.23. The van der Waals surface area contributed by atoms with Crippen LogP contribution in [0.15, 0.2) is 23.5 Å². The minimum Gasteiger partial charge on any atom is -0.409 e. The summed E-state index contributed by atoms with van der Waals surface area (Å²) < 4.78 is 5.14. The van der Waals surface area contributed by atoms with Crippen LogP contribution in [-0.4, -0.2) is 47.2 Å². The lowest BCUT2D eigenvalue weighted by Gasteiger charge is -2.21. The van der Waals surface area contributed by atoms with Crippen molar-refractivity contribution in [1.29, 1.82) is 0 Å². The molecule has 104 valence electrons. The maximum Gasteiger partial charge on any atom is 0.188 e. The Labute approximate surface area is 112 Å². The first-order valence-electron chi connectivity index (χ1n) is 6.40. The van der Waals surface area contributed by atoms with E-state index < -0.39 is 0 Å². The molecule has 0 radical (unpaired) electrons. The SMILES string of the molecule is COCCN(Cc1ccnc(C(N)=NO)c1)C1CC1. The molecule has 1 fully saturated rings. The van der Waals surface area contributed by atoms with Gasteiger partial charge in [0.15, 0.2) is 5.84 Å². The van der Waals surface area contributed by atoms with Crippen LogP contribution in [0.5, 0.6) is 0 Å². The van der Waals surface area contributed by atoms with Gasteiger partial charge in [0.1, 0.15) is 5.69 Å². The van der Waals surface area contributed by atoms with Gasteiger partial charge >= 0.3 is 0 Å². The van der Waals surface area contributed by atoms with E-state index in [4.69, 9.17) is 15.7 Å². The van der Waals surface area contributed by atoms with E-state index in [1.165, 1.54) is 12.8 Å². The summed E-state index contributed by atoms with van der Waals surface area (Å²) in [5.74, 6) is 0.0386. The van der Waals surface area contributed by atoms with Gasteiger partial charge in [-0.1, -0.05) is 5.16 Å². The predicted molar refractivity (Wildman–Crippen MR) is 72.1 cm³/mol. The Bertz CT molecular complexity index is 446. The molecule has 0 saturated heterocycles. The van der Waals surface area contributed by atoms with Crippen molar-refractivity contribution in [2.75, 3.05) is 20.3 Å². The van der Waals surface area contributed by atoms with Gasteiger partial charge in [0.05, 0.1) is 6.61 Å². The van der Waals surface area contributed by atoms with Gasteiger partial charge in [0.2, 0.25) is 0 Å². The van der Waals surface area contributed by atoms with E-state index >= 15 is 0 Å². The maximum atomic E-state index is 8.67. The molecule has 0 unspecified atom stereocenters. The van der Waals surface area contributed by atoms with E-state index in [9.17, 15) is 0 Å². The van der Waals surface area contributed by atoms with Crippen molar-refractivity contribution in [2.45, 2.75) is 25.4 Å². The Kier molecular flexibility index (Phi) is 4.70. The Hall–Kier alpha value is -1.66. The molecule has 0 bridgehead atoms. The molecule has 1 heterocycles. The van der Waals surface area contributed by atoms with Gasteiger partial charge in [-0.15, -0.1) is 0 Å². The molecule has 0 aliphatic heterocycles. The van der Waals surface area contributed by atoms with Crippen molar-refractivity contribution in [3.63, 3.8) is 0 Å². The summed E-state index contributed by atoms with van der Waals surface area (Å²) in [5.41, 5.74) is 7.16. The number of amidine groups is 1. The van der Waals surface area contributed by atoms with Crippen LogP contribution in [0.3, 0.4) is 0 Å². The van der Waals surface area contributed by atoms with Crippen molar-refractivity contribution in [3.05, 3.63) is 29.6 Å². The topological polar surface area (TPSA) is 84.0 Å². The zero-order chi connectivity index (χ0) is 13.7. The number of hydrogen-bond acceptors (Lipinski definition) is 5. The Morgan fingerprint density at radius 3 is 3.05 bits per heavy atom. The van der Waals surface area contributed by atoms with E-state index in [2.05, 4.69) is 15.0 Å². The number of aromatic nitrogens is 1. The average Bonchev–Trinajstić information content (AvgIpc) is 3.27. The molecule has 19 heavy (non-hydrogen) atoms. The Balaban J connectivity index is 2.04. The van der Waals surface area contributed by atoms with Crippen molar-refractivity contribution in [2.24, 2.45) is 10.9 Å². The van der Waals surface area contributed by atoms with Crippen LogP contribution in [0, 0.1) is 0 Å². The third-order valence-electron chi connectivity index (χ3n) is 3.23. The molecule has 0 atom stereocenters. The molecule has 1 saturated carbocycles. The second-order valence-electron chi connectivity index (χ2n) is 4.73. The molecule has 0 aromatic carbocycles. The molecule has 6 heteroatoms. The summed E-state index contributed by atoms with van der Waals surface area (Å²) >= 11 is 0. The fraction of sp³-hybridized carbons (Fsp3) is 0.538. The van der Waals surface area contributed by atoms with Crippen molar-refractivity contribution < 1.29 is 9.94 Å². The quantitative estimate of drug-likeness (QED) is 0.329. The number of methoxy groups -OCH3 is 1. The van der Waals surface area contributed by atoms with Crippen LogP contribution in [-0.2, 0) is 11.3 Å². The van der Waals surface area contributed by atoms with Crippen LogP contribution in [0.25, 0.3) is 0 Å². The summed E-state index contributed by atoms with van der Waals surface area (Å²) in [7, 11) is 1.72. The number of rotatable bonds is 7. The van der Waals surface area contributed by atoms with Gasteiger partial charge in [-0.3, -0.25) is 9.88 Å². The van der Waals surface area contributed by atoms with E-state index in [1.54, 1.807) is 13.3 Å². The maximum absolute atomic E-state index is 8.67.